The Hall–Kier alpha value is -2.70. The molecule has 1 heterocycles. The predicted octanol–water partition coefficient (Wildman–Crippen LogP) is 2.18. The Morgan fingerprint density at radius 2 is 2.15 bits per heavy atom. The summed E-state index contributed by atoms with van der Waals surface area (Å²) >= 11 is 0. The summed E-state index contributed by atoms with van der Waals surface area (Å²) < 4.78 is 17.7. The Labute approximate surface area is 113 Å². The van der Waals surface area contributed by atoms with E-state index in [1.54, 1.807) is 13.0 Å². The van der Waals surface area contributed by atoms with Gasteiger partial charge < -0.3 is 14.5 Å². The predicted molar refractivity (Wildman–Crippen MR) is 67.2 cm³/mol. The number of carboxylic acids is 1. The van der Waals surface area contributed by atoms with Gasteiger partial charge in [-0.3, -0.25) is 4.79 Å². The summed E-state index contributed by atoms with van der Waals surface area (Å²) in [6.07, 6.45) is 0. The molecule has 1 N–H and O–H groups in total. The largest absolute Gasteiger partial charge is 0.475 e. The normalized spacial score (nSPS) is 10.3. The Morgan fingerprint density at radius 3 is 2.70 bits per heavy atom. The molecule has 2 rings (SSSR count). The van der Waals surface area contributed by atoms with Crippen molar-refractivity contribution in [2.24, 2.45) is 0 Å². The number of benzene rings is 1. The fourth-order valence-electron chi connectivity index (χ4n) is 1.70. The molecule has 0 aliphatic rings. The van der Waals surface area contributed by atoms with Gasteiger partial charge >= 0.3 is 5.97 Å². The number of hydrogen-bond donors (Lipinski definition) is 1. The highest BCUT2D eigenvalue weighted by molar-refractivity contribution is 6.05. The van der Waals surface area contributed by atoms with Crippen LogP contribution in [0.1, 0.15) is 28.0 Å². The Bertz CT molecular complexity index is 653. The van der Waals surface area contributed by atoms with Crippen LogP contribution in [0, 0.1) is 5.82 Å². The van der Waals surface area contributed by atoms with Crippen LogP contribution in [0.5, 0.6) is 0 Å². The van der Waals surface area contributed by atoms with E-state index in [4.69, 9.17) is 5.11 Å². The highest BCUT2D eigenvalue weighted by Crippen LogP contribution is 2.18. The van der Waals surface area contributed by atoms with E-state index in [9.17, 15) is 14.0 Å². The summed E-state index contributed by atoms with van der Waals surface area (Å²) in [4.78, 5) is 24.2. The first kappa shape index (κ1) is 13.7. The van der Waals surface area contributed by atoms with E-state index in [0.717, 1.165) is 6.07 Å². The van der Waals surface area contributed by atoms with Crippen LogP contribution in [-0.4, -0.2) is 28.7 Å². The van der Waals surface area contributed by atoms with Crippen molar-refractivity contribution >= 4 is 17.6 Å². The molecule has 0 atom stereocenters. The van der Waals surface area contributed by atoms with Gasteiger partial charge in [-0.15, -0.1) is 0 Å². The van der Waals surface area contributed by atoms with Gasteiger partial charge in [-0.1, -0.05) is 11.2 Å². The molecule has 0 saturated heterocycles. The van der Waals surface area contributed by atoms with E-state index in [2.05, 4.69) is 9.68 Å². The first-order chi connectivity index (χ1) is 9.52. The van der Waals surface area contributed by atoms with Crippen molar-refractivity contribution in [2.75, 3.05) is 11.4 Å². The fourth-order valence-corrected chi connectivity index (χ4v) is 1.70. The number of rotatable bonds is 4. The van der Waals surface area contributed by atoms with Crippen LogP contribution in [0.15, 0.2) is 34.9 Å². The van der Waals surface area contributed by atoms with Crippen molar-refractivity contribution in [2.45, 2.75) is 6.92 Å². The molecule has 0 bridgehead atoms. The number of amides is 1. The van der Waals surface area contributed by atoms with E-state index >= 15 is 0 Å². The molecule has 0 spiro atoms. The maximum Gasteiger partial charge on any atom is 0.374 e. The minimum atomic E-state index is -1.31. The number of carbonyl (C=O) groups is 2. The number of carbonyl (C=O) groups excluding carboxylic acids is 1. The van der Waals surface area contributed by atoms with Gasteiger partial charge in [0, 0.05) is 18.3 Å². The summed E-state index contributed by atoms with van der Waals surface area (Å²) in [5.41, 5.74) is 0.214. The Kier molecular flexibility index (Phi) is 3.79. The second kappa shape index (κ2) is 5.52. The molecule has 1 amide bonds. The van der Waals surface area contributed by atoms with Gasteiger partial charge in [0.25, 0.3) is 5.91 Å². The van der Waals surface area contributed by atoms with Gasteiger partial charge in [-0.25, -0.2) is 9.18 Å². The monoisotopic (exact) mass is 278 g/mol. The smallest absolute Gasteiger partial charge is 0.374 e. The highest BCUT2D eigenvalue weighted by Gasteiger charge is 2.22. The van der Waals surface area contributed by atoms with Crippen LogP contribution in [-0.2, 0) is 0 Å². The molecule has 0 radical (unpaired) electrons. The molecule has 20 heavy (non-hydrogen) atoms. The zero-order chi connectivity index (χ0) is 14.7. The molecule has 6 nitrogen and oxygen atoms in total. The van der Waals surface area contributed by atoms with Crippen LogP contribution in [0.25, 0.3) is 0 Å². The lowest BCUT2D eigenvalue weighted by Crippen LogP contribution is -2.30. The van der Waals surface area contributed by atoms with E-state index in [0.29, 0.717) is 5.69 Å². The fraction of sp³-hybridized carbons (Fsp3) is 0.154. The van der Waals surface area contributed by atoms with Crippen LogP contribution >= 0.6 is 0 Å². The molecule has 1 aromatic heterocycles. The number of nitrogens with zero attached hydrogens (tertiary/aromatic N) is 2. The van der Waals surface area contributed by atoms with Gasteiger partial charge in [0.2, 0.25) is 5.76 Å². The van der Waals surface area contributed by atoms with Crippen molar-refractivity contribution in [3.8, 4) is 0 Å². The van der Waals surface area contributed by atoms with Crippen molar-refractivity contribution in [3.05, 3.63) is 47.6 Å². The number of halogens is 1. The van der Waals surface area contributed by atoms with Crippen LogP contribution < -0.4 is 4.90 Å². The van der Waals surface area contributed by atoms with Crippen molar-refractivity contribution in [1.82, 2.24) is 5.16 Å². The van der Waals surface area contributed by atoms with Gasteiger partial charge in [0.05, 0.1) is 0 Å². The van der Waals surface area contributed by atoms with Gasteiger partial charge in [0.15, 0.2) is 5.69 Å². The lowest BCUT2D eigenvalue weighted by Gasteiger charge is -2.19. The molecule has 7 heteroatoms. The quantitative estimate of drug-likeness (QED) is 0.926. The molecule has 1 aromatic carbocycles. The van der Waals surface area contributed by atoms with Crippen LogP contribution in [0.4, 0.5) is 10.1 Å². The molecule has 104 valence electrons. The maximum atomic E-state index is 13.2. The first-order valence-corrected chi connectivity index (χ1v) is 5.80. The molecule has 2 aromatic rings. The molecule has 0 aliphatic heterocycles. The second-order valence-electron chi connectivity index (χ2n) is 3.91. The zero-order valence-corrected chi connectivity index (χ0v) is 10.5. The summed E-state index contributed by atoms with van der Waals surface area (Å²) in [5.74, 6) is -2.77. The van der Waals surface area contributed by atoms with Crippen molar-refractivity contribution in [3.63, 3.8) is 0 Å². The molecular weight excluding hydrogens is 267 g/mol. The van der Waals surface area contributed by atoms with Gasteiger partial charge in [-0.2, -0.15) is 0 Å². The summed E-state index contributed by atoms with van der Waals surface area (Å²) in [5, 5.41) is 12.1. The average molecular weight is 278 g/mol. The standard InChI is InChI=1S/C13H11FN2O4/c1-2-16(9-5-3-4-8(14)6-9)12(17)10-7-11(13(18)19)20-15-10/h3-7H,2H2,1H3,(H,18,19). The molecule has 0 saturated carbocycles. The first-order valence-electron chi connectivity index (χ1n) is 5.80. The molecule has 0 unspecified atom stereocenters. The highest BCUT2D eigenvalue weighted by atomic mass is 19.1. The van der Waals surface area contributed by atoms with Crippen molar-refractivity contribution < 1.29 is 23.6 Å². The minimum Gasteiger partial charge on any atom is -0.475 e. The lowest BCUT2D eigenvalue weighted by molar-refractivity contribution is 0.0651. The van der Waals surface area contributed by atoms with Gasteiger partial charge in [-0.05, 0) is 25.1 Å². The van der Waals surface area contributed by atoms with E-state index in [1.807, 2.05) is 0 Å². The minimum absolute atomic E-state index is 0.145. The van der Waals surface area contributed by atoms with Crippen LogP contribution in [0.2, 0.25) is 0 Å². The number of aromatic nitrogens is 1. The second-order valence-corrected chi connectivity index (χ2v) is 3.91. The zero-order valence-electron chi connectivity index (χ0n) is 10.5. The molecular formula is C13H11FN2O4. The number of aromatic carboxylic acids is 1. The topological polar surface area (TPSA) is 83.6 Å². The van der Waals surface area contributed by atoms with Crippen molar-refractivity contribution in [1.29, 1.82) is 0 Å². The maximum absolute atomic E-state index is 13.2. The summed E-state index contributed by atoms with van der Waals surface area (Å²) in [6, 6.07) is 6.56. The summed E-state index contributed by atoms with van der Waals surface area (Å²) in [6.45, 7) is 1.98. The summed E-state index contributed by atoms with van der Waals surface area (Å²) in [7, 11) is 0. The Morgan fingerprint density at radius 1 is 1.40 bits per heavy atom. The third-order valence-electron chi connectivity index (χ3n) is 2.62. The SMILES string of the molecule is CCN(C(=O)c1cc(C(=O)O)on1)c1cccc(F)c1. The van der Waals surface area contributed by atoms with Gasteiger partial charge in [0.1, 0.15) is 5.82 Å². The van der Waals surface area contributed by atoms with E-state index in [-0.39, 0.29) is 12.2 Å². The van der Waals surface area contributed by atoms with E-state index < -0.39 is 23.5 Å². The number of carboxylic acid groups (broad SMARTS) is 1. The average Bonchev–Trinajstić information content (AvgIpc) is 2.89. The van der Waals surface area contributed by atoms with E-state index in [1.165, 1.54) is 23.1 Å². The lowest BCUT2D eigenvalue weighted by atomic mass is 10.2. The molecule has 0 fully saturated rings. The Balaban J connectivity index is 2.31. The number of anilines is 1. The third-order valence-corrected chi connectivity index (χ3v) is 2.62. The number of hydrogen-bond acceptors (Lipinski definition) is 4. The third kappa shape index (κ3) is 2.66. The van der Waals surface area contributed by atoms with Crippen LogP contribution in [0.3, 0.4) is 0 Å². The molecule has 0 aliphatic carbocycles.